The van der Waals surface area contributed by atoms with Gasteiger partial charge in [0.25, 0.3) is 0 Å². The van der Waals surface area contributed by atoms with Crippen molar-refractivity contribution in [2.45, 2.75) is 59.4 Å². The summed E-state index contributed by atoms with van der Waals surface area (Å²) >= 11 is 0. The Morgan fingerprint density at radius 3 is 2.29 bits per heavy atom. The van der Waals surface area contributed by atoms with Crippen LogP contribution in [0, 0.1) is 11.3 Å². The maximum absolute atomic E-state index is 11.8. The van der Waals surface area contributed by atoms with Crippen molar-refractivity contribution in [3.8, 4) is 0 Å². The van der Waals surface area contributed by atoms with Gasteiger partial charge in [-0.3, -0.25) is 4.79 Å². The Hall–Kier alpha value is -0.570. The van der Waals surface area contributed by atoms with Gasteiger partial charge in [0.15, 0.2) is 0 Å². The lowest BCUT2D eigenvalue weighted by Gasteiger charge is -2.42. The summed E-state index contributed by atoms with van der Waals surface area (Å²) in [6, 6.07) is 0. The summed E-state index contributed by atoms with van der Waals surface area (Å²) in [5, 5.41) is 3.36. The molecular weight excluding hydrogens is 214 g/mol. The zero-order valence-corrected chi connectivity index (χ0v) is 11.9. The minimum Gasteiger partial charge on any atom is -0.465 e. The number of esters is 1. The Morgan fingerprint density at radius 2 is 1.88 bits per heavy atom. The number of carbonyl (C=O) groups is 1. The van der Waals surface area contributed by atoms with Crippen LogP contribution in [0.15, 0.2) is 0 Å². The van der Waals surface area contributed by atoms with Gasteiger partial charge in [-0.1, -0.05) is 20.3 Å². The van der Waals surface area contributed by atoms with Crippen LogP contribution < -0.4 is 5.32 Å². The minimum absolute atomic E-state index is 0.163. The Balaban J connectivity index is 2.45. The largest absolute Gasteiger partial charge is 0.465 e. The summed E-state index contributed by atoms with van der Waals surface area (Å²) in [5.41, 5.74) is -0.320. The number of hydrogen-bond donors (Lipinski definition) is 1. The molecule has 0 spiro atoms. The molecule has 17 heavy (non-hydrogen) atoms. The second-order valence-electron chi connectivity index (χ2n) is 6.32. The van der Waals surface area contributed by atoms with Crippen molar-refractivity contribution < 1.29 is 9.53 Å². The summed E-state index contributed by atoms with van der Waals surface area (Å²) in [5.74, 6) is 0.636. The average Bonchev–Trinajstić information content (AvgIpc) is 2.12. The van der Waals surface area contributed by atoms with Gasteiger partial charge in [-0.25, -0.2) is 0 Å². The predicted molar refractivity (Wildman–Crippen MR) is 69.8 cm³/mol. The summed E-state index contributed by atoms with van der Waals surface area (Å²) in [6.45, 7) is 11.5. The van der Waals surface area contributed by atoms with Crippen molar-refractivity contribution in [1.82, 2.24) is 5.32 Å². The first-order valence-corrected chi connectivity index (χ1v) is 6.72. The van der Waals surface area contributed by atoms with E-state index in [0.29, 0.717) is 6.61 Å². The number of nitrogens with one attached hydrogen (secondary N) is 1. The Labute approximate surface area is 105 Å². The molecule has 1 aliphatic carbocycles. The number of ether oxygens (including phenoxy) is 1. The first-order chi connectivity index (χ1) is 7.79. The van der Waals surface area contributed by atoms with Crippen LogP contribution in [0.5, 0.6) is 0 Å². The van der Waals surface area contributed by atoms with E-state index in [-0.39, 0.29) is 11.4 Å². The highest BCUT2D eigenvalue weighted by Crippen LogP contribution is 2.41. The fraction of sp³-hybridized carbons (Fsp3) is 0.929. The molecule has 0 atom stereocenters. The van der Waals surface area contributed by atoms with Crippen molar-refractivity contribution in [3.63, 3.8) is 0 Å². The summed E-state index contributed by atoms with van der Waals surface area (Å²) in [6.07, 6.45) is 4.01. The monoisotopic (exact) mass is 241 g/mol. The Bertz CT molecular complexity index is 267. The number of hydrogen-bond acceptors (Lipinski definition) is 3. The standard InChI is InChI=1S/C14H27NO2/c1-6-17-12(16)14(4,5)15-10-13(2,3)11-8-7-9-11/h11,15H,6-10H2,1-5H3. The Morgan fingerprint density at radius 1 is 1.29 bits per heavy atom. The first-order valence-electron chi connectivity index (χ1n) is 6.72. The maximum Gasteiger partial charge on any atom is 0.325 e. The van der Waals surface area contributed by atoms with Gasteiger partial charge in [0.05, 0.1) is 6.61 Å². The van der Waals surface area contributed by atoms with E-state index in [1.807, 2.05) is 20.8 Å². The molecule has 1 N–H and O–H groups in total. The number of rotatable bonds is 6. The number of carbonyl (C=O) groups excluding carboxylic acids is 1. The molecule has 0 unspecified atom stereocenters. The van der Waals surface area contributed by atoms with Crippen molar-refractivity contribution in [1.29, 1.82) is 0 Å². The molecule has 3 heteroatoms. The van der Waals surface area contributed by atoms with Crippen molar-refractivity contribution in [2.75, 3.05) is 13.2 Å². The van der Waals surface area contributed by atoms with Crippen molar-refractivity contribution in [2.24, 2.45) is 11.3 Å². The molecule has 3 nitrogen and oxygen atoms in total. The SMILES string of the molecule is CCOC(=O)C(C)(C)NCC(C)(C)C1CCC1. The normalized spacial score (nSPS) is 17.7. The van der Waals surface area contributed by atoms with Crippen LogP contribution in [-0.2, 0) is 9.53 Å². The van der Waals surface area contributed by atoms with Crippen LogP contribution in [0.1, 0.15) is 53.9 Å². The molecule has 1 rings (SSSR count). The highest BCUT2D eigenvalue weighted by atomic mass is 16.5. The van der Waals surface area contributed by atoms with Gasteiger partial charge >= 0.3 is 5.97 Å². The van der Waals surface area contributed by atoms with Gasteiger partial charge in [0.1, 0.15) is 5.54 Å². The summed E-state index contributed by atoms with van der Waals surface area (Å²) in [4.78, 5) is 11.8. The minimum atomic E-state index is -0.586. The predicted octanol–water partition coefficient (Wildman–Crippen LogP) is 2.74. The van der Waals surface area contributed by atoms with E-state index in [0.717, 1.165) is 12.5 Å². The Kier molecular flexibility index (Phi) is 4.59. The molecule has 0 aromatic carbocycles. The van der Waals surface area contributed by atoms with E-state index < -0.39 is 5.54 Å². The fourth-order valence-electron chi connectivity index (χ4n) is 2.17. The average molecular weight is 241 g/mol. The van der Waals surface area contributed by atoms with E-state index in [9.17, 15) is 4.79 Å². The van der Waals surface area contributed by atoms with E-state index >= 15 is 0 Å². The zero-order valence-electron chi connectivity index (χ0n) is 11.9. The van der Waals surface area contributed by atoms with Gasteiger partial charge in [0, 0.05) is 6.54 Å². The van der Waals surface area contributed by atoms with E-state index in [4.69, 9.17) is 4.74 Å². The molecular formula is C14H27NO2. The molecule has 1 fully saturated rings. The molecule has 0 aromatic heterocycles. The third-order valence-corrected chi connectivity index (χ3v) is 3.98. The van der Waals surface area contributed by atoms with Gasteiger partial charge in [0.2, 0.25) is 0 Å². The third-order valence-electron chi connectivity index (χ3n) is 3.98. The molecule has 0 aromatic rings. The molecule has 0 radical (unpaired) electrons. The quantitative estimate of drug-likeness (QED) is 0.727. The van der Waals surface area contributed by atoms with Gasteiger partial charge in [-0.05, 0) is 44.9 Å². The second-order valence-corrected chi connectivity index (χ2v) is 6.32. The topological polar surface area (TPSA) is 38.3 Å². The lowest BCUT2D eigenvalue weighted by Crippen LogP contribution is -2.52. The molecule has 100 valence electrons. The molecule has 1 aliphatic rings. The molecule has 0 amide bonds. The van der Waals surface area contributed by atoms with Crippen LogP contribution in [0.2, 0.25) is 0 Å². The van der Waals surface area contributed by atoms with Gasteiger partial charge in [-0.15, -0.1) is 0 Å². The second kappa shape index (κ2) is 5.38. The highest BCUT2D eigenvalue weighted by Gasteiger charge is 2.37. The molecule has 0 aliphatic heterocycles. The molecule has 0 saturated heterocycles. The third kappa shape index (κ3) is 3.70. The smallest absolute Gasteiger partial charge is 0.325 e. The van der Waals surface area contributed by atoms with Crippen molar-refractivity contribution >= 4 is 5.97 Å². The van der Waals surface area contributed by atoms with Crippen LogP contribution >= 0.6 is 0 Å². The van der Waals surface area contributed by atoms with Gasteiger partial charge in [-0.2, -0.15) is 0 Å². The lowest BCUT2D eigenvalue weighted by atomic mass is 9.67. The van der Waals surface area contributed by atoms with Crippen LogP contribution in [0.25, 0.3) is 0 Å². The summed E-state index contributed by atoms with van der Waals surface area (Å²) < 4.78 is 5.07. The maximum atomic E-state index is 11.8. The van der Waals surface area contributed by atoms with E-state index in [2.05, 4.69) is 19.2 Å². The molecule has 0 bridgehead atoms. The van der Waals surface area contributed by atoms with Gasteiger partial charge < -0.3 is 10.1 Å². The summed E-state index contributed by atoms with van der Waals surface area (Å²) in [7, 11) is 0. The van der Waals surface area contributed by atoms with E-state index in [1.54, 1.807) is 0 Å². The highest BCUT2D eigenvalue weighted by molar-refractivity contribution is 5.79. The molecule has 0 heterocycles. The molecule has 1 saturated carbocycles. The fourth-order valence-corrected chi connectivity index (χ4v) is 2.17. The van der Waals surface area contributed by atoms with Crippen LogP contribution in [0.3, 0.4) is 0 Å². The zero-order chi connectivity index (χ0) is 13.1. The lowest BCUT2D eigenvalue weighted by molar-refractivity contribution is -0.150. The van der Waals surface area contributed by atoms with Crippen LogP contribution in [-0.4, -0.2) is 24.7 Å². The van der Waals surface area contributed by atoms with Crippen LogP contribution in [0.4, 0.5) is 0 Å². The van der Waals surface area contributed by atoms with E-state index in [1.165, 1.54) is 19.3 Å². The first kappa shape index (κ1) is 14.5. The van der Waals surface area contributed by atoms with Crippen molar-refractivity contribution in [3.05, 3.63) is 0 Å².